The molecule has 1 fully saturated rings. The Labute approximate surface area is 143 Å². The molecule has 22 heavy (non-hydrogen) atoms. The van der Waals surface area contributed by atoms with Crippen molar-refractivity contribution >= 4 is 36.5 Å². The van der Waals surface area contributed by atoms with Crippen molar-refractivity contribution in [1.29, 1.82) is 0 Å². The number of nitrogens with zero attached hydrogens (tertiary/aromatic N) is 1. The van der Waals surface area contributed by atoms with Gasteiger partial charge in [0.2, 0.25) is 0 Å². The van der Waals surface area contributed by atoms with Crippen LogP contribution in [-0.4, -0.2) is 49.8 Å². The Hall–Kier alpha value is -1.08. The molecule has 0 aromatic carbocycles. The molecule has 126 valence electrons. The van der Waals surface area contributed by atoms with Crippen LogP contribution in [0.15, 0.2) is 18.3 Å². The fourth-order valence-corrected chi connectivity index (χ4v) is 2.33. The Morgan fingerprint density at radius 2 is 2.23 bits per heavy atom. The highest BCUT2D eigenvalue weighted by Crippen LogP contribution is 2.13. The van der Waals surface area contributed by atoms with E-state index in [9.17, 15) is 4.79 Å². The predicted octanol–water partition coefficient (Wildman–Crippen LogP) is 1.46. The van der Waals surface area contributed by atoms with Gasteiger partial charge < -0.3 is 20.7 Å². The van der Waals surface area contributed by atoms with E-state index in [4.69, 9.17) is 4.74 Å². The maximum atomic E-state index is 11.6. The molecule has 0 unspecified atom stereocenters. The molecule has 0 saturated carbocycles. The van der Waals surface area contributed by atoms with Crippen LogP contribution >= 0.6 is 24.8 Å². The van der Waals surface area contributed by atoms with Gasteiger partial charge in [0, 0.05) is 26.4 Å². The number of ether oxygens (including phenoxy) is 1. The molecule has 0 aliphatic carbocycles. The first-order valence-electron chi connectivity index (χ1n) is 6.99. The monoisotopic (exact) mass is 350 g/mol. The summed E-state index contributed by atoms with van der Waals surface area (Å²) in [5, 5.41) is 9.43. The van der Waals surface area contributed by atoms with Crippen molar-refractivity contribution < 1.29 is 9.53 Å². The van der Waals surface area contributed by atoms with Crippen molar-refractivity contribution in [2.75, 3.05) is 32.1 Å². The lowest BCUT2D eigenvalue weighted by molar-refractivity contribution is 0.0664. The number of rotatable bonds is 5. The molecule has 1 aliphatic rings. The van der Waals surface area contributed by atoms with Crippen LogP contribution in [0.3, 0.4) is 0 Å². The van der Waals surface area contributed by atoms with E-state index in [1.807, 2.05) is 13.0 Å². The summed E-state index contributed by atoms with van der Waals surface area (Å²) in [6.07, 6.45) is 2.75. The number of carbonyl (C=O) groups is 1. The third kappa shape index (κ3) is 5.61. The second kappa shape index (κ2) is 10.6. The Balaban J connectivity index is 0.00000220. The zero-order valence-corrected chi connectivity index (χ0v) is 14.4. The average molecular weight is 351 g/mol. The van der Waals surface area contributed by atoms with Crippen LogP contribution in [0.5, 0.6) is 0 Å². The number of piperidine rings is 1. The molecule has 8 heteroatoms. The maximum Gasteiger partial charge on any atom is 0.252 e. The summed E-state index contributed by atoms with van der Waals surface area (Å²) in [4.78, 5) is 15.9. The summed E-state index contributed by atoms with van der Waals surface area (Å²) in [5.74, 6) is 0.662. The molecule has 1 aromatic heterocycles. The lowest BCUT2D eigenvalue weighted by Crippen LogP contribution is -2.49. The van der Waals surface area contributed by atoms with Crippen LogP contribution in [0.2, 0.25) is 0 Å². The standard InChI is InChI=1S/C14H22N4O2.2ClH/c1-3-16-14(19)10-4-5-13(17-8-10)18-11-9-15-7-6-12(11)20-2;;/h4-5,8,11-12,15H,3,6-7,9H2,1-2H3,(H,16,19)(H,17,18);2*1H/t11-,12+;;/m0../s1. The van der Waals surface area contributed by atoms with Crippen LogP contribution in [0.4, 0.5) is 5.82 Å². The number of nitrogens with one attached hydrogen (secondary N) is 3. The minimum absolute atomic E-state index is 0. The fraction of sp³-hybridized carbons (Fsp3) is 0.571. The smallest absolute Gasteiger partial charge is 0.252 e. The number of hydrogen-bond donors (Lipinski definition) is 3. The van der Waals surface area contributed by atoms with E-state index in [-0.39, 0.29) is 42.9 Å². The normalized spacial score (nSPS) is 20.3. The Morgan fingerprint density at radius 3 is 2.82 bits per heavy atom. The Kier molecular flexibility index (Phi) is 10.1. The van der Waals surface area contributed by atoms with E-state index in [2.05, 4.69) is 20.9 Å². The molecule has 1 amide bonds. The molecular weight excluding hydrogens is 327 g/mol. The van der Waals surface area contributed by atoms with Crippen LogP contribution in [0.25, 0.3) is 0 Å². The van der Waals surface area contributed by atoms with Crippen LogP contribution in [-0.2, 0) is 4.74 Å². The van der Waals surface area contributed by atoms with Gasteiger partial charge in [-0.2, -0.15) is 0 Å². The van der Waals surface area contributed by atoms with Gasteiger partial charge in [-0.15, -0.1) is 24.8 Å². The van der Waals surface area contributed by atoms with Gasteiger partial charge in [0.1, 0.15) is 5.82 Å². The zero-order valence-electron chi connectivity index (χ0n) is 12.8. The summed E-state index contributed by atoms with van der Waals surface area (Å²) in [5.41, 5.74) is 0.572. The van der Waals surface area contributed by atoms with Gasteiger partial charge in [0.15, 0.2) is 0 Å². The SMILES string of the molecule is CCNC(=O)c1ccc(N[C@H]2CNCC[C@H]2OC)nc1.Cl.Cl. The van der Waals surface area contributed by atoms with E-state index in [1.165, 1.54) is 0 Å². The lowest BCUT2D eigenvalue weighted by atomic mass is 10.0. The van der Waals surface area contributed by atoms with Gasteiger partial charge in [-0.3, -0.25) is 4.79 Å². The van der Waals surface area contributed by atoms with Crippen molar-refractivity contribution in [3.8, 4) is 0 Å². The molecule has 2 heterocycles. The first-order valence-corrected chi connectivity index (χ1v) is 6.99. The summed E-state index contributed by atoms with van der Waals surface area (Å²) in [6, 6.07) is 3.79. The average Bonchev–Trinajstić information content (AvgIpc) is 2.49. The summed E-state index contributed by atoms with van der Waals surface area (Å²) < 4.78 is 5.48. The Bertz CT molecular complexity index is 445. The number of halogens is 2. The number of anilines is 1. The third-order valence-corrected chi connectivity index (χ3v) is 3.42. The van der Waals surface area contributed by atoms with Crippen molar-refractivity contribution in [1.82, 2.24) is 15.6 Å². The van der Waals surface area contributed by atoms with E-state index >= 15 is 0 Å². The maximum absolute atomic E-state index is 11.6. The molecule has 6 nitrogen and oxygen atoms in total. The quantitative estimate of drug-likeness (QED) is 0.749. The topological polar surface area (TPSA) is 75.3 Å². The van der Waals surface area contributed by atoms with Gasteiger partial charge in [-0.1, -0.05) is 0 Å². The molecule has 1 saturated heterocycles. The summed E-state index contributed by atoms with van der Waals surface area (Å²) >= 11 is 0. The first-order chi connectivity index (χ1) is 9.74. The number of hydrogen-bond acceptors (Lipinski definition) is 5. The van der Waals surface area contributed by atoms with E-state index in [0.29, 0.717) is 12.1 Å². The van der Waals surface area contributed by atoms with E-state index in [1.54, 1.807) is 19.4 Å². The van der Waals surface area contributed by atoms with Gasteiger partial charge in [0.05, 0.1) is 17.7 Å². The van der Waals surface area contributed by atoms with E-state index < -0.39 is 0 Å². The van der Waals surface area contributed by atoms with Gasteiger partial charge in [-0.05, 0) is 32.0 Å². The second-order valence-electron chi connectivity index (χ2n) is 4.81. The van der Waals surface area contributed by atoms with Crippen LogP contribution < -0.4 is 16.0 Å². The molecule has 0 bridgehead atoms. The second-order valence-corrected chi connectivity index (χ2v) is 4.81. The van der Waals surface area contributed by atoms with Crippen molar-refractivity contribution in [2.45, 2.75) is 25.5 Å². The molecule has 2 rings (SSSR count). The number of carbonyl (C=O) groups excluding carboxylic acids is 1. The largest absolute Gasteiger partial charge is 0.379 e. The fourth-order valence-electron chi connectivity index (χ4n) is 2.33. The molecular formula is C14H24Cl2N4O2. The lowest BCUT2D eigenvalue weighted by Gasteiger charge is -2.32. The highest BCUT2D eigenvalue weighted by molar-refractivity contribution is 5.93. The predicted molar refractivity (Wildman–Crippen MR) is 92.4 cm³/mol. The highest BCUT2D eigenvalue weighted by atomic mass is 35.5. The molecule has 2 atom stereocenters. The van der Waals surface area contributed by atoms with Crippen molar-refractivity contribution in [3.63, 3.8) is 0 Å². The minimum atomic E-state index is -0.0966. The number of pyridine rings is 1. The van der Waals surface area contributed by atoms with Gasteiger partial charge >= 0.3 is 0 Å². The van der Waals surface area contributed by atoms with E-state index in [0.717, 1.165) is 25.3 Å². The minimum Gasteiger partial charge on any atom is -0.379 e. The number of aromatic nitrogens is 1. The van der Waals surface area contributed by atoms with Crippen molar-refractivity contribution in [3.05, 3.63) is 23.9 Å². The van der Waals surface area contributed by atoms with Crippen LogP contribution in [0, 0.1) is 0 Å². The Morgan fingerprint density at radius 1 is 1.45 bits per heavy atom. The zero-order chi connectivity index (χ0) is 14.4. The third-order valence-electron chi connectivity index (χ3n) is 3.42. The molecule has 3 N–H and O–H groups in total. The summed E-state index contributed by atoms with van der Waals surface area (Å²) in [7, 11) is 1.73. The first kappa shape index (κ1) is 20.9. The van der Waals surface area contributed by atoms with Crippen molar-refractivity contribution in [2.24, 2.45) is 0 Å². The molecule has 0 spiro atoms. The highest BCUT2D eigenvalue weighted by Gasteiger charge is 2.24. The van der Waals surface area contributed by atoms with Crippen LogP contribution in [0.1, 0.15) is 23.7 Å². The molecule has 1 aliphatic heterocycles. The van der Waals surface area contributed by atoms with Gasteiger partial charge in [-0.25, -0.2) is 4.98 Å². The van der Waals surface area contributed by atoms with Gasteiger partial charge in [0.25, 0.3) is 5.91 Å². The number of amides is 1. The molecule has 0 radical (unpaired) electrons. The molecule has 1 aromatic rings. The summed E-state index contributed by atoms with van der Waals surface area (Å²) in [6.45, 7) is 4.32. The number of methoxy groups -OCH3 is 1.